The van der Waals surface area contributed by atoms with Crippen LogP contribution in [0.5, 0.6) is 0 Å². The first-order valence-corrected chi connectivity index (χ1v) is 20.0. The molecular weight excluding hydrogens is 578 g/mol. The Morgan fingerprint density at radius 3 is 1.40 bits per heavy atom. The molecule has 0 fully saturated rings. The van der Waals surface area contributed by atoms with Crippen LogP contribution in [0, 0.1) is 0 Å². The van der Waals surface area contributed by atoms with Gasteiger partial charge in [0.25, 0.3) is 0 Å². The normalized spacial score (nSPS) is 13.7. The molecule has 0 aromatic heterocycles. The van der Waals surface area contributed by atoms with E-state index in [1.807, 2.05) is 6.08 Å². The van der Waals surface area contributed by atoms with Crippen molar-refractivity contribution in [1.82, 2.24) is 5.32 Å². The zero-order chi connectivity index (χ0) is 34.3. The third-order valence-electron chi connectivity index (χ3n) is 8.76. The van der Waals surface area contributed by atoms with Gasteiger partial charge in [-0.05, 0) is 57.8 Å². The molecule has 0 aliphatic heterocycles. The molecule has 0 aliphatic rings. The van der Waals surface area contributed by atoms with Gasteiger partial charge in [0, 0.05) is 6.42 Å². The minimum atomic E-state index is -0.837. The molecule has 47 heavy (non-hydrogen) atoms. The number of unbranched alkanes of at least 4 members (excludes halogenated alkanes) is 20. The maximum atomic E-state index is 12.3. The van der Waals surface area contributed by atoms with Crippen LogP contribution in [0.15, 0.2) is 60.8 Å². The molecular formula is C43H77NO3. The predicted molar refractivity (Wildman–Crippen MR) is 207 cm³/mol. The molecule has 0 spiro atoms. The zero-order valence-corrected chi connectivity index (χ0v) is 31.0. The van der Waals surface area contributed by atoms with Crippen LogP contribution in [0.1, 0.15) is 187 Å². The smallest absolute Gasteiger partial charge is 0.220 e. The highest BCUT2D eigenvalue weighted by molar-refractivity contribution is 5.76. The molecule has 272 valence electrons. The number of carbonyl (C=O) groups excluding carboxylic acids is 1. The van der Waals surface area contributed by atoms with Gasteiger partial charge >= 0.3 is 0 Å². The van der Waals surface area contributed by atoms with E-state index in [-0.39, 0.29) is 12.5 Å². The van der Waals surface area contributed by atoms with Gasteiger partial charge in [-0.15, -0.1) is 0 Å². The molecule has 1 amide bonds. The van der Waals surface area contributed by atoms with Gasteiger partial charge < -0.3 is 15.5 Å². The van der Waals surface area contributed by atoms with Crippen molar-refractivity contribution in [3.05, 3.63) is 60.8 Å². The van der Waals surface area contributed by atoms with Crippen molar-refractivity contribution in [2.75, 3.05) is 6.61 Å². The highest BCUT2D eigenvalue weighted by atomic mass is 16.3. The molecule has 0 bridgehead atoms. The van der Waals surface area contributed by atoms with Gasteiger partial charge in [0.15, 0.2) is 0 Å². The Morgan fingerprint density at radius 2 is 0.936 bits per heavy atom. The van der Waals surface area contributed by atoms with Crippen molar-refractivity contribution in [2.24, 2.45) is 0 Å². The monoisotopic (exact) mass is 656 g/mol. The number of allylic oxidation sites excluding steroid dienone is 9. The highest BCUT2D eigenvalue weighted by Crippen LogP contribution is 2.14. The van der Waals surface area contributed by atoms with Crippen molar-refractivity contribution < 1.29 is 15.0 Å². The summed E-state index contributed by atoms with van der Waals surface area (Å²) in [6.45, 7) is 4.14. The van der Waals surface area contributed by atoms with Crippen LogP contribution < -0.4 is 5.32 Å². The fraction of sp³-hybridized carbons (Fsp3) is 0.744. The van der Waals surface area contributed by atoms with Crippen molar-refractivity contribution in [3.63, 3.8) is 0 Å². The Bertz CT molecular complexity index is 797. The summed E-state index contributed by atoms with van der Waals surface area (Å²) in [4.78, 5) is 12.3. The molecule has 0 aliphatic carbocycles. The molecule has 0 saturated heterocycles. The second kappa shape index (κ2) is 38.5. The number of nitrogens with one attached hydrogen (secondary N) is 1. The number of amides is 1. The van der Waals surface area contributed by atoms with E-state index in [0.29, 0.717) is 6.42 Å². The number of aliphatic hydroxyl groups excluding tert-OH is 2. The van der Waals surface area contributed by atoms with Crippen LogP contribution in [0.2, 0.25) is 0 Å². The number of hydrogen-bond acceptors (Lipinski definition) is 3. The van der Waals surface area contributed by atoms with Crippen molar-refractivity contribution in [1.29, 1.82) is 0 Å². The first kappa shape index (κ1) is 45.1. The summed E-state index contributed by atoms with van der Waals surface area (Å²) in [6.07, 6.45) is 53.3. The summed E-state index contributed by atoms with van der Waals surface area (Å²) < 4.78 is 0. The SMILES string of the molecule is CC/C=C\C/C=C\C/C=C\C/C=C\CCCCCCCCCCCCCCCCC(=O)NC(CO)C(O)/C=C/CCCCCCCC. The Kier molecular flexibility index (Phi) is 37.0. The van der Waals surface area contributed by atoms with Crippen molar-refractivity contribution in [3.8, 4) is 0 Å². The molecule has 2 atom stereocenters. The molecule has 0 heterocycles. The van der Waals surface area contributed by atoms with E-state index in [9.17, 15) is 15.0 Å². The molecule has 4 nitrogen and oxygen atoms in total. The Morgan fingerprint density at radius 1 is 0.532 bits per heavy atom. The Hall–Kier alpha value is -1.91. The van der Waals surface area contributed by atoms with Crippen LogP contribution in [0.4, 0.5) is 0 Å². The summed E-state index contributed by atoms with van der Waals surface area (Å²) in [5, 5.41) is 22.8. The summed E-state index contributed by atoms with van der Waals surface area (Å²) in [5.74, 6) is -0.0710. The second-order valence-corrected chi connectivity index (χ2v) is 13.3. The minimum absolute atomic E-state index is 0.0710. The molecule has 0 aromatic rings. The molecule has 2 unspecified atom stereocenters. The van der Waals surface area contributed by atoms with E-state index in [0.717, 1.165) is 51.4 Å². The maximum absolute atomic E-state index is 12.3. The van der Waals surface area contributed by atoms with Gasteiger partial charge in [0.1, 0.15) is 0 Å². The average Bonchev–Trinajstić information content (AvgIpc) is 3.07. The molecule has 0 radical (unpaired) electrons. The first-order chi connectivity index (χ1) is 23.2. The van der Waals surface area contributed by atoms with E-state index >= 15 is 0 Å². The summed E-state index contributed by atoms with van der Waals surface area (Å²) in [5.41, 5.74) is 0. The second-order valence-electron chi connectivity index (χ2n) is 13.3. The summed E-state index contributed by atoms with van der Waals surface area (Å²) in [6, 6.07) is -0.620. The topological polar surface area (TPSA) is 69.6 Å². The number of aliphatic hydroxyl groups is 2. The van der Waals surface area contributed by atoms with Gasteiger partial charge in [-0.1, -0.05) is 184 Å². The fourth-order valence-electron chi connectivity index (χ4n) is 5.70. The van der Waals surface area contributed by atoms with Crippen LogP contribution in [0.25, 0.3) is 0 Å². The third kappa shape index (κ3) is 35.2. The van der Waals surface area contributed by atoms with Gasteiger partial charge in [-0.3, -0.25) is 4.79 Å². The van der Waals surface area contributed by atoms with E-state index in [1.165, 1.54) is 116 Å². The van der Waals surface area contributed by atoms with Gasteiger partial charge in [0.2, 0.25) is 5.91 Å². The third-order valence-corrected chi connectivity index (χ3v) is 8.76. The van der Waals surface area contributed by atoms with Crippen LogP contribution >= 0.6 is 0 Å². The number of hydrogen-bond donors (Lipinski definition) is 3. The van der Waals surface area contributed by atoms with Crippen LogP contribution in [-0.2, 0) is 4.79 Å². The first-order valence-electron chi connectivity index (χ1n) is 20.0. The maximum Gasteiger partial charge on any atom is 0.220 e. The summed E-state index contributed by atoms with van der Waals surface area (Å²) in [7, 11) is 0. The lowest BCUT2D eigenvalue weighted by atomic mass is 10.0. The highest BCUT2D eigenvalue weighted by Gasteiger charge is 2.17. The molecule has 0 rings (SSSR count). The lowest BCUT2D eigenvalue weighted by Crippen LogP contribution is -2.45. The minimum Gasteiger partial charge on any atom is -0.394 e. The van der Waals surface area contributed by atoms with E-state index in [1.54, 1.807) is 6.08 Å². The van der Waals surface area contributed by atoms with E-state index < -0.39 is 12.1 Å². The zero-order valence-electron chi connectivity index (χ0n) is 31.0. The van der Waals surface area contributed by atoms with Crippen molar-refractivity contribution in [2.45, 2.75) is 199 Å². The van der Waals surface area contributed by atoms with Gasteiger partial charge in [-0.2, -0.15) is 0 Å². The fourth-order valence-corrected chi connectivity index (χ4v) is 5.70. The summed E-state index contributed by atoms with van der Waals surface area (Å²) >= 11 is 0. The molecule has 0 aromatic carbocycles. The Labute approximate surface area is 292 Å². The van der Waals surface area contributed by atoms with Crippen LogP contribution in [0.3, 0.4) is 0 Å². The lowest BCUT2D eigenvalue weighted by Gasteiger charge is -2.20. The quantitative estimate of drug-likeness (QED) is 0.0470. The molecule has 0 saturated carbocycles. The Balaban J connectivity index is 3.50. The number of rotatable bonds is 35. The average molecular weight is 656 g/mol. The van der Waals surface area contributed by atoms with Gasteiger partial charge in [0.05, 0.1) is 18.8 Å². The largest absolute Gasteiger partial charge is 0.394 e. The van der Waals surface area contributed by atoms with E-state index in [4.69, 9.17) is 0 Å². The predicted octanol–water partition coefficient (Wildman–Crippen LogP) is 12.2. The molecule has 4 heteroatoms. The van der Waals surface area contributed by atoms with Gasteiger partial charge in [-0.25, -0.2) is 0 Å². The standard InChI is InChI=1S/C43H77NO3/c1-3-5-7-9-11-13-14-15-16-17-18-19-20-21-22-23-24-25-26-27-28-29-30-31-33-35-37-39-43(47)44-41(40-45)42(46)38-36-34-32-12-10-8-6-4-2/h5,7,11,13,15-16,18-19,36,38,41-42,45-46H,3-4,6,8-10,12,14,17,20-35,37,39-40H2,1-2H3,(H,44,47)/b7-5-,13-11-,16-15-,19-18-,38-36+. The lowest BCUT2D eigenvalue weighted by molar-refractivity contribution is -0.123. The van der Waals surface area contributed by atoms with Crippen molar-refractivity contribution >= 4 is 5.91 Å². The molecule has 3 N–H and O–H groups in total. The van der Waals surface area contributed by atoms with Crippen LogP contribution in [-0.4, -0.2) is 34.9 Å². The number of carbonyl (C=O) groups is 1. The van der Waals surface area contributed by atoms with E-state index in [2.05, 4.69) is 67.8 Å².